The molecule has 26 heavy (non-hydrogen) atoms. The molecule has 1 amide bonds. The molecule has 1 aliphatic rings. The summed E-state index contributed by atoms with van der Waals surface area (Å²) in [6.07, 6.45) is 0.931. The monoisotopic (exact) mass is 355 g/mol. The van der Waals surface area contributed by atoms with Crippen LogP contribution in [0.3, 0.4) is 0 Å². The molecule has 2 heterocycles. The zero-order valence-electron chi connectivity index (χ0n) is 15.1. The molecule has 7 heteroatoms. The largest absolute Gasteiger partial charge is 0.379 e. The molecular formula is C19H25N5O2. The van der Waals surface area contributed by atoms with Crippen molar-refractivity contribution >= 4 is 17.4 Å². The normalized spacial score (nSPS) is 14.8. The standard InChI is InChI=1S/C19H25N5O2/c1-2-15-5-3-4-6-16(15)21-18-8-7-17(22-23-18)19(25)20-9-10-24-11-13-26-14-12-24/h3-8H,2,9-14H2,1H3,(H,20,25)(H,21,23). The van der Waals surface area contributed by atoms with E-state index in [2.05, 4.69) is 38.7 Å². The molecule has 1 saturated heterocycles. The zero-order valence-corrected chi connectivity index (χ0v) is 15.1. The second kappa shape index (κ2) is 9.26. The summed E-state index contributed by atoms with van der Waals surface area (Å²) in [5.74, 6) is 0.419. The van der Waals surface area contributed by atoms with Gasteiger partial charge in [0.25, 0.3) is 5.91 Å². The van der Waals surface area contributed by atoms with Crippen molar-refractivity contribution in [3.05, 3.63) is 47.7 Å². The van der Waals surface area contributed by atoms with Gasteiger partial charge in [0, 0.05) is 31.9 Å². The number of ether oxygens (including phenoxy) is 1. The molecular weight excluding hydrogens is 330 g/mol. The van der Waals surface area contributed by atoms with E-state index in [-0.39, 0.29) is 5.91 Å². The highest BCUT2D eigenvalue weighted by atomic mass is 16.5. The molecule has 0 atom stereocenters. The maximum atomic E-state index is 12.2. The van der Waals surface area contributed by atoms with Gasteiger partial charge in [-0.15, -0.1) is 10.2 Å². The summed E-state index contributed by atoms with van der Waals surface area (Å²) in [4.78, 5) is 14.5. The molecule has 1 aliphatic heterocycles. The van der Waals surface area contributed by atoms with Crippen molar-refractivity contribution in [3.63, 3.8) is 0 Å². The number of morpholine rings is 1. The molecule has 1 fully saturated rings. The fourth-order valence-corrected chi connectivity index (χ4v) is 2.85. The van der Waals surface area contributed by atoms with Crippen LogP contribution >= 0.6 is 0 Å². The lowest BCUT2D eigenvalue weighted by molar-refractivity contribution is 0.0383. The van der Waals surface area contributed by atoms with E-state index in [9.17, 15) is 4.79 Å². The summed E-state index contributed by atoms with van der Waals surface area (Å²) in [5, 5.41) is 14.3. The van der Waals surface area contributed by atoms with Crippen LogP contribution in [0.1, 0.15) is 23.0 Å². The Hall–Kier alpha value is -2.51. The van der Waals surface area contributed by atoms with Crippen LogP contribution in [0.4, 0.5) is 11.5 Å². The number of aryl methyl sites for hydroxylation is 1. The first kappa shape index (κ1) is 18.3. The number of hydrogen-bond acceptors (Lipinski definition) is 6. The second-order valence-electron chi connectivity index (χ2n) is 6.15. The Bertz CT molecular complexity index is 714. The van der Waals surface area contributed by atoms with Gasteiger partial charge in [-0.2, -0.15) is 0 Å². The molecule has 3 rings (SSSR count). The van der Waals surface area contributed by atoms with Gasteiger partial charge in [-0.1, -0.05) is 25.1 Å². The fraction of sp³-hybridized carbons (Fsp3) is 0.421. The van der Waals surface area contributed by atoms with Crippen molar-refractivity contribution in [3.8, 4) is 0 Å². The van der Waals surface area contributed by atoms with Gasteiger partial charge in [-0.3, -0.25) is 9.69 Å². The number of rotatable bonds is 7. The van der Waals surface area contributed by atoms with Gasteiger partial charge in [-0.25, -0.2) is 0 Å². The van der Waals surface area contributed by atoms with E-state index in [4.69, 9.17) is 4.74 Å². The van der Waals surface area contributed by atoms with Crippen molar-refractivity contribution in [2.24, 2.45) is 0 Å². The number of carbonyl (C=O) groups is 1. The topological polar surface area (TPSA) is 79.4 Å². The van der Waals surface area contributed by atoms with Crippen LogP contribution in [-0.2, 0) is 11.2 Å². The Labute approximate surface area is 153 Å². The summed E-state index contributed by atoms with van der Waals surface area (Å²) in [5.41, 5.74) is 2.53. The first-order chi connectivity index (χ1) is 12.8. The molecule has 0 saturated carbocycles. The van der Waals surface area contributed by atoms with E-state index in [0.717, 1.165) is 45.0 Å². The molecule has 0 aliphatic carbocycles. The number of carbonyl (C=O) groups excluding carboxylic acids is 1. The van der Waals surface area contributed by atoms with E-state index >= 15 is 0 Å². The summed E-state index contributed by atoms with van der Waals surface area (Å²) < 4.78 is 5.31. The maximum Gasteiger partial charge on any atom is 0.271 e. The Morgan fingerprint density at radius 1 is 1.15 bits per heavy atom. The van der Waals surface area contributed by atoms with Gasteiger partial charge in [0.15, 0.2) is 11.5 Å². The summed E-state index contributed by atoms with van der Waals surface area (Å²) in [6, 6.07) is 11.5. The number of para-hydroxylation sites is 1. The third-order valence-electron chi connectivity index (χ3n) is 4.38. The number of hydrogen-bond donors (Lipinski definition) is 2. The predicted octanol–water partition coefficient (Wildman–Crippen LogP) is 1.84. The van der Waals surface area contributed by atoms with Crippen LogP contribution in [0.2, 0.25) is 0 Å². The summed E-state index contributed by atoms with van der Waals surface area (Å²) in [6.45, 7) is 6.85. The average Bonchev–Trinajstić information content (AvgIpc) is 2.70. The molecule has 0 bridgehead atoms. The van der Waals surface area contributed by atoms with Crippen LogP contribution in [0.25, 0.3) is 0 Å². The number of nitrogens with one attached hydrogen (secondary N) is 2. The van der Waals surface area contributed by atoms with Crippen LogP contribution in [0.15, 0.2) is 36.4 Å². The minimum Gasteiger partial charge on any atom is -0.379 e. The lowest BCUT2D eigenvalue weighted by atomic mass is 10.1. The van der Waals surface area contributed by atoms with E-state index in [1.165, 1.54) is 5.56 Å². The molecule has 0 spiro atoms. The van der Waals surface area contributed by atoms with Crippen molar-refractivity contribution in [2.75, 3.05) is 44.7 Å². The van der Waals surface area contributed by atoms with E-state index in [1.54, 1.807) is 12.1 Å². The molecule has 7 nitrogen and oxygen atoms in total. The smallest absolute Gasteiger partial charge is 0.271 e. The number of anilines is 2. The first-order valence-electron chi connectivity index (χ1n) is 9.03. The summed E-state index contributed by atoms with van der Waals surface area (Å²) >= 11 is 0. The number of amides is 1. The van der Waals surface area contributed by atoms with Crippen molar-refractivity contribution < 1.29 is 9.53 Å². The van der Waals surface area contributed by atoms with E-state index < -0.39 is 0 Å². The van der Waals surface area contributed by atoms with Crippen molar-refractivity contribution in [2.45, 2.75) is 13.3 Å². The Morgan fingerprint density at radius 2 is 1.96 bits per heavy atom. The maximum absolute atomic E-state index is 12.2. The molecule has 0 unspecified atom stereocenters. The lowest BCUT2D eigenvalue weighted by Crippen LogP contribution is -2.41. The highest BCUT2D eigenvalue weighted by Gasteiger charge is 2.12. The number of nitrogens with zero attached hydrogens (tertiary/aromatic N) is 3. The fourth-order valence-electron chi connectivity index (χ4n) is 2.85. The molecule has 2 N–H and O–H groups in total. The quantitative estimate of drug-likeness (QED) is 0.789. The third kappa shape index (κ3) is 5.00. The second-order valence-corrected chi connectivity index (χ2v) is 6.15. The third-order valence-corrected chi connectivity index (χ3v) is 4.38. The minimum absolute atomic E-state index is 0.203. The van der Waals surface area contributed by atoms with E-state index in [1.807, 2.05) is 18.2 Å². The summed E-state index contributed by atoms with van der Waals surface area (Å²) in [7, 11) is 0. The van der Waals surface area contributed by atoms with Crippen LogP contribution in [-0.4, -0.2) is 60.4 Å². The molecule has 1 aromatic carbocycles. The van der Waals surface area contributed by atoms with Gasteiger partial charge in [-0.05, 0) is 30.2 Å². The highest BCUT2D eigenvalue weighted by molar-refractivity contribution is 5.92. The zero-order chi connectivity index (χ0) is 18.2. The number of aromatic nitrogens is 2. The van der Waals surface area contributed by atoms with Crippen LogP contribution < -0.4 is 10.6 Å². The average molecular weight is 355 g/mol. The molecule has 2 aromatic rings. The first-order valence-corrected chi connectivity index (χ1v) is 9.03. The van der Waals surface area contributed by atoms with Gasteiger partial charge in [0.2, 0.25) is 0 Å². The van der Waals surface area contributed by atoms with Crippen LogP contribution in [0, 0.1) is 0 Å². The van der Waals surface area contributed by atoms with Gasteiger partial charge in [0.1, 0.15) is 0 Å². The Morgan fingerprint density at radius 3 is 2.69 bits per heavy atom. The van der Waals surface area contributed by atoms with Crippen molar-refractivity contribution in [1.29, 1.82) is 0 Å². The molecule has 138 valence electrons. The van der Waals surface area contributed by atoms with E-state index in [0.29, 0.717) is 18.1 Å². The minimum atomic E-state index is -0.203. The SMILES string of the molecule is CCc1ccccc1Nc1ccc(C(=O)NCCN2CCOCC2)nn1. The van der Waals surface area contributed by atoms with Crippen LogP contribution in [0.5, 0.6) is 0 Å². The number of benzene rings is 1. The van der Waals surface area contributed by atoms with Gasteiger partial charge >= 0.3 is 0 Å². The molecule has 0 radical (unpaired) electrons. The predicted molar refractivity (Wildman–Crippen MR) is 101 cm³/mol. The van der Waals surface area contributed by atoms with Gasteiger partial charge in [0.05, 0.1) is 13.2 Å². The van der Waals surface area contributed by atoms with Gasteiger partial charge < -0.3 is 15.4 Å². The van der Waals surface area contributed by atoms with Crippen molar-refractivity contribution in [1.82, 2.24) is 20.4 Å². The molecule has 1 aromatic heterocycles. The lowest BCUT2D eigenvalue weighted by Gasteiger charge is -2.26. The Kier molecular flexibility index (Phi) is 6.51. The Balaban J connectivity index is 1.51. The highest BCUT2D eigenvalue weighted by Crippen LogP contribution is 2.19.